The van der Waals surface area contributed by atoms with E-state index in [4.69, 9.17) is 0 Å². The Morgan fingerprint density at radius 1 is 1.15 bits per heavy atom. The van der Waals surface area contributed by atoms with E-state index in [1.165, 1.54) is 28.3 Å². The maximum Gasteiger partial charge on any atom is 0.244 e. The van der Waals surface area contributed by atoms with Crippen LogP contribution in [0.1, 0.15) is 43.6 Å². The van der Waals surface area contributed by atoms with Gasteiger partial charge in [0, 0.05) is 30.5 Å². The average molecular weight is 488 g/mol. The first-order chi connectivity index (χ1) is 15.6. The van der Waals surface area contributed by atoms with Crippen molar-refractivity contribution in [3.8, 4) is 0 Å². The Bertz CT molecular complexity index is 1360. The van der Waals surface area contributed by atoms with E-state index in [1.54, 1.807) is 42.5 Å². The van der Waals surface area contributed by atoms with Gasteiger partial charge in [0.25, 0.3) is 0 Å². The van der Waals surface area contributed by atoms with Crippen LogP contribution in [0, 0.1) is 0 Å². The standard InChI is InChI=1S/C22H25N5O4S2/c1-5-26(6-2)33(30,31)15-8-10-19-24-25-21(27(19)12-15)32-13-18(28)14-7-9-17-16(11-14)22(3,4)20(29)23-17/h7-12H,5-6,13H2,1-4H3,(H,23,29). The lowest BCUT2D eigenvalue weighted by Crippen LogP contribution is -2.30. The van der Waals surface area contributed by atoms with Crippen LogP contribution in [0.25, 0.3) is 5.65 Å². The number of carbonyl (C=O) groups is 2. The first kappa shape index (κ1) is 23.4. The van der Waals surface area contributed by atoms with Crippen LogP contribution >= 0.6 is 11.8 Å². The Labute approximate surface area is 196 Å². The van der Waals surface area contributed by atoms with E-state index in [-0.39, 0.29) is 22.3 Å². The van der Waals surface area contributed by atoms with Gasteiger partial charge in [0.15, 0.2) is 16.6 Å². The summed E-state index contributed by atoms with van der Waals surface area (Å²) in [6.45, 7) is 7.96. The van der Waals surface area contributed by atoms with Gasteiger partial charge in [0.1, 0.15) is 0 Å². The molecule has 0 saturated heterocycles. The summed E-state index contributed by atoms with van der Waals surface area (Å²) in [5.74, 6) is -0.127. The molecule has 1 aliphatic rings. The minimum Gasteiger partial charge on any atom is -0.325 e. The monoisotopic (exact) mass is 487 g/mol. The van der Waals surface area contributed by atoms with Crippen LogP contribution in [-0.4, -0.2) is 57.9 Å². The maximum absolute atomic E-state index is 12.9. The van der Waals surface area contributed by atoms with Crippen LogP contribution in [0.15, 0.2) is 46.6 Å². The molecule has 1 aliphatic heterocycles. The molecule has 33 heavy (non-hydrogen) atoms. The van der Waals surface area contributed by atoms with E-state index in [2.05, 4.69) is 15.5 Å². The Balaban J connectivity index is 1.57. The van der Waals surface area contributed by atoms with Crippen LogP contribution in [-0.2, 0) is 20.2 Å². The minimum atomic E-state index is -3.64. The molecule has 1 amide bonds. The predicted molar refractivity (Wildman–Crippen MR) is 126 cm³/mol. The molecule has 0 bridgehead atoms. The van der Waals surface area contributed by atoms with Crippen molar-refractivity contribution >= 4 is 44.8 Å². The number of sulfonamides is 1. The van der Waals surface area contributed by atoms with E-state index >= 15 is 0 Å². The first-order valence-electron chi connectivity index (χ1n) is 10.6. The molecule has 0 radical (unpaired) electrons. The largest absolute Gasteiger partial charge is 0.325 e. The number of carbonyl (C=O) groups excluding carboxylic acids is 2. The van der Waals surface area contributed by atoms with E-state index < -0.39 is 15.4 Å². The van der Waals surface area contributed by atoms with Gasteiger partial charge in [-0.25, -0.2) is 8.42 Å². The fourth-order valence-corrected chi connectivity index (χ4v) is 6.04. The molecule has 0 unspecified atom stereocenters. The summed E-state index contributed by atoms with van der Waals surface area (Å²) >= 11 is 1.18. The molecule has 0 fully saturated rings. The molecule has 3 aromatic rings. The third-order valence-electron chi connectivity index (χ3n) is 5.85. The summed E-state index contributed by atoms with van der Waals surface area (Å²) in [5.41, 5.74) is 1.81. The fraction of sp³-hybridized carbons (Fsp3) is 0.364. The lowest BCUT2D eigenvalue weighted by atomic mass is 9.85. The van der Waals surface area contributed by atoms with Crippen molar-refractivity contribution in [2.24, 2.45) is 0 Å². The number of aromatic nitrogens is 3. The summed E-state index contributed by atoms with van der Waals surface area (Å²) < 4.78 is 28.7. The summed E-state index contributed by atoms with van der Waals surface area (Å²) in [5, 5.41) is 11.5. The Hall–Kier alpha value is -2.76. The van der Waals surface area contributed by atoms with Gasteiger partial charge in [-0.2, -0.15) is 4.31 Å². The molecule has 1 N–H and O–H groups in total. The highest BCUT2D eigenvalue weighted by Gasteiger charge is 2.38. The lowest BCUT2D eigenvalue weighted by molar-refractivity contribution is -0.119. The summed E-state index contributed by atoms with van der Waals surface area (Å²) in [6.07, 6.45) is 1.49. The number of hydrogen-bond acceptors (Lipinski definition) is 7. The molecular weight excluding hydrogens is 462 g/mol. The minimum absolute atomic E-state index is 0.0917. The van der Waals surface area contributed by atoms with E-state index in [9.17, 15) is 18.0 Å². The number of nitrogens with one attached hydrogen (secondary N) is 1. The third-order valence-corrected chi connectivity index (χ3v) is 8.83. The van der Waals surface area contributed by atoms with Gasteiger partial charge in [-0.1, -0.05) is 25.6 Å². The van der Waals surface area contributed by atoms with Crippen LogP contribution in [0.4, 0.5) is 5.69 Å². The summed E-state index contributed by atoms with van der Waals surface area (Å²) in [4.78, 5) is 25.2. The quantitative estimate of drug-likeness (QED) is 0.384. The van der Waals surface area contributed by atoms with E-state index in [1.807, 2.05) is 13.8 Å². The predicted octanol–water partition coefficient (Wildman–Crippen LogP) is 2.96. The first-order valence-corrected chi connectivity index (χ1v) is 13.0. The second-order valence-corrected chi connectivity index (χ2v) is 11.1. The number of amides is 1. The molecule has 174 valence electrons. The maximum atomic E-state index is 12.9. The van der Waals surface area contributed by atoms with Crippen molar-refractivity contribution in [3.63, 3.8) is 0 Å². The van der Waals surface area contributed by atoms with Crippen molar-refractivity contribution in [1.29, 1.82) is 0 Å². The lowest BCUT2D eigenvalue weighted by Gasteiger charge is -2.18. The van der Waals surface area contributed by atoms with Gasteiger partial charge in [-0.15, -0.1) is 10.2 Å². The summed E-state index contributed by atoms with van der Waals surface area (Å²) in [6, 6.07) is 8.31. The number of fused-ring (bicyclic) bond motifs is 2. The Morgan fingerprint density at radius 2 is 1.88 bits per heavy atom. The van der Waals surface area contributed by atoms with E-state index in [0.717, 1.165) is 11.3 Å². The van der Waals surface area contributed by atoms with Crippen molar-refractivity contribution in [1.82, 2.24) is 18.9 Å². The normalized spacial score (nSPS) is 15.1. The number of thioether (sulfide) groups is 1. The van der Waals surface area contributed by atoms with Gasteiger partial charge < -0.3 is 5.32 Å². The molecule has 0 aliphatic carbocycles. The number of benzene rings is 1. The molecule has 9 nitrogen and oxygen atoms in total. The van der Waals surface area contributed by atoms with Gasteiger partial charge in [-0.05, 0) is 49.7 Å². The SMILES string of the molecule is CCN(CC)S(=O)(=O)c1ccc2nnc(SCC(=O)c3ccc4c(c3)C(C)(C)C(=O)N4)n2c1. The van der Waals surface area contributed by atoms with Gasteiger partial charge in [0.2, 0.25) is 15.9 Å². The average Bonchev–Trinajstić information content (AvgIpc) is 3.29. The number of ketones is 1. The topological polar surface area (TPSA) is 114 Å². The van der Waals surface area contributed by atoms with Crippen LogP contribution in [0.3, 0.4) is 0 Å². The van der Waals surface area contributed by atoms with Crippen molar-refractivity contribution in [3.05, 3.63) is 47.7 Å². The fourth-order valence-electron chi connectivity index (χ4n) is 3.77. The Kier molecular flexibility index (Phi) is 6.06. The highest BCUT2D eigenvalue weighted by Crippen LogP contribution is 2.38. The molecule has 2 aromatic heterocycles. The number of hydrogen-bond donors (Lipinski definition) is 1. The van der Waals surface area contributed by atoms with E-state index in [0.29, 0.717) is 29.5 Å². The second-order valence-electron chi connectivity index (χ2n) is 8.22. The molecule has 3 heterocycles. The molecule has 1 aromatic carbocycles. The molecule has 0 spiro atoms. The zero-order chi connectivity index (χ0) is 24.0. The van der Waals surface area contributed by atoms with Gasteiger partial charge >= 0.3 is 0 Å². The second kappa shape index (κ2) is 8.54. The molecular formula is C22H25N5O4S2. The number of rotatable bonds is 8. The van der Waals surface area contributed by atoms with Gasteiger partial charge in [0.05, 0.1) is 16.1 Å². The van der Waals surface area contributed by atoms with Crippen molar-refractivity contribution in [2.45, 2.75) is 43.2 Å². The molecule has 11 heteroatoms. The van der Waals surface area contributed by atoms with Crippen LogP contribution in [0.5, 0.6) is 0 Å². The van der Waals surface area contributed by atoms with Crippen molar-refractivity contribution < 1.29 is 18.0 Å². The number of pyridine rings is 1. The third kappa shape index (κ3) is 4.04. The van der Waals surface area contributed by atoms with Gasteiger partial charge in [-0.3, -0.25) is 14.0 Å². The zero-order valence-corrected chi connectivity index (χ0v) is 20.5. The highest BCUT2D eigenvalue weighted by atomic mass is 32.2. The summed E-state index contributed by atoms with van der Waals surface area (Å²) in [7, 11) is -3.64. The van der Waals surface area contributed by atoms with Crippen molar-refractivity contribution in [2.75, 3.05) is 24.2 Å². The van der Waals surface area contributed by atoms with Crippen LogP contribution in [0.2, 0.25) is 0 Å². The number of anilines is 1. The zero-order valence-electron chi connectivity index (χ0n) is 18.8. The smallest absolute Gasteiger partial charge is 0.244 e. The van der Waals surface area contributed by atoms with Crippen LogP contribution < -0.4 is 5.32 Å². The highest BCUT2D eigenvalue weighted by molar-refractivity contribution is 7.99. The number of nitrogens with zero attached hydrogens (tertiary/aromatic N) is 4. The Morgan fingerprint density at radius 3 is 2.58 bits per heavy atom. The molecule has 0 saturated carbocycles. The molecule has 4 rings (SSSR count). The number of Topliss-reactive ketones (excluding diaryl/α,β-unsaturated/α-hetero) is 1. The molecule has 0 atom stereocenters.